The quantitative estimate of drug-likeness (QED) is 0.874. The largest absolute Gasteiger partial charge is 0.366 e. The van der Waals surface area contributed by atoms with Gasteiger partial charge in [0.15, 0.2) is 0 Å². The summed E-state index contributed by atoms with van der Waals surface area (Å²) in [6.07, 6.45) is 1.23. The van der Waals surface area contributed by atoms with E-state index in [9.17, 15) is 17.6 Å². The van der Waals surface area contributed by atoms with E-state index in [0.717, 1.165) is 18.2 Å². The Balaban J connectivity index is 2.40. The van der Waals surface area contributed by atoms with Crippen molar-refractivity contribution in [3.8, 4) is 0 Å². The summed E-state index contributed by atoms with van der Waals surface area (Å²) in [5.74, 6) is -1.86. The summed E-state index contributed by atoms with van der Waals surface area (Å²) in [6, 6.07) is 3.07. The van der Waals surface area contributed by atoms with Crippen LogP contribution in [-0.2, 0) is 17.1 Å². The van der Waals surface area contributed by atoms with E-state index in [1.165, 1.54) is 17.9 Å². The molecule has 2 rings (SSSR count). The van der Waals surface area contributed by atoms with Gasteiger partial charge in [-0.05, 0) is 18.2 Å². The van der Waals surface area contributed by atoms with Crippen molar-refractivity contribution in [1.29, 1.82) is 0 Å². The molecule has 0 unspecified atom stereocenters. The summed E-state index contributed by atoms with van der Waals surface area (Å²) in [6.45, 7) is 0. The standard InChI is InChI=1S/C11H10ClFN4O3S/c1-17-5-15-11(9(17)12)21(19,20)16-6-2-3-8(13)7(4-6)10(14)18/h2-5,16H,1H3,(H2,14,18). The first-order valence-electron chi connectivity index (χ1n) is 5.51. The van der Waals surface area contributed by atoms with Gasteiger partial charge in [-0.1, -0.05) is 11.6 Å². The van der Waals surface area contributed by atoms with Crippen LogP contribution in [0.15, 0.2) is 29.6 Å². The number of sulfonamides is 1. The summed E-state index contributed by atoms with van der Waals surface area (Å²) in [5, 5.41) is -0.462. The summed E-state index contributed by atoms with van der Waals surface area (Å²) in [7, 11) is -2.54. The molecular formula is C11H10ClFN4O3S. The van der Waals surface area contributed by atoms with Crippen LogP contribution in [0.25, 0.3) is 0 Å². The van der Waals surface area contributed by atoms with Crippen LogP contribution < -0.4 is 10.5 Å². The van der Waals surface area contributed by atoms with E-state index in [1.807, 2.05) is 0 Å². The van der Waals surface area contributed by atoms with Crippen molar-refractivity contribution in [1.82, 2.24) is 9.55 Å². The Kier molecular flexibility index (Phi) is 3.88. The third kappa shape index (κ3) is 2.98. The second-order valence-electron chi connectivity index (χ2n) is 4.12. The van der Waals surface area contributed by atoms with Crippen LogP contribution in [-0.4, -0.2) is 23.9 Å². The second-order valence-corrected chi connectivity index (χ2v) is 6.07. The summed E-state index contributed by atoms with van der Waals surface area (Å²) in [5.41, 5.74) is 4.53. The Morgan fingerprint density at radius 2 is 2.14 bits per heavy atom. The van der Waals surface area contributed by atoms with Crippen molar-refractivity contribution >= 4 is 33.2 Å². The van der Waals surface area contributed by atoms with Crippen molar-refractivity contribution in [2.75, 3.05) is 4.72 Å². The van der Waals surface area contributed by atoms with Crippen LogP contribution in [0.5, 0.6) is 0 Å². The molecule has 3 N–H and O–H groups in total. The van der Waals surface area contributed by atoms with Gasteiger partial charge in [-0.3, -0.25) is 9.52 Å². The van der Waals surface area contributed by atoms with Gasteiger partial charge in [-0.2, -0.15) is 8.42 Å². The number of imidazole rings is 1. The highest BCUT2D eigenvalue weighted by atomic mass is 35.5. The van der Waals surface area contributed by atoms with Gasteiger partial charge in [-0.15, -0.1) is 0 Å². The number of rotatable bonds is 4. The third-order valence-corrected chi connectivity index (χ3v) is 4.44. The van der Waals surface area contributed by atoms with Crippen LogP contribution in [0.1, 0.15) is 10.4 Å². The van der Waals surface area contributed by atoms with Crippen molar-refractivity contribution in [2.45, 2.75) is 5.03 Å². The fraction of sp³-hybridized carbons (Fsp3) is 0.0909. The van der Waals surface area contributed by atoms with Crippen molar-refractivity contribution < 1.29 is 17.6 Å². The minimum absolute atomic E-state index is 0.0353. The molecule has 0 spiro atoms. The number of halogens is 2. The summed E-state index contributed by atoms with van der Waals surface area (Å²) >= 11 is 5.81. The molecule has 0 bridgehead atoms. The number of anilines is 1. The molecule has 10 heteroatoms. The Morgan fingerprint density at radius 3 is 2.67 bits per heavy atom. The molecule has 0 atom stereocenters. The number of amides is 1. The van der Waals surface area contributed by atoms with Gasteiger partial charge in [0.2, 0.25) is 5.03 Å². The number of hydrogen-bond acceptors (Lipinski definition) is 4. The van der Waals surface area contributed by atoms with Crippen LogP contribution in [0.4, 0.5) is 10.1 Å². The lowest BCUT2D eigenvalue weighted by Crippen LogP contribution is -2.17. The minimum Gasteiger partial charge on any atom is -0.366 e. The van der Waals surface area contributed by atoms with Gasteiger partial charge < -0.3 is 10.3 Å². The molecule has 112 valence electrons. The SMILES string of the molecule is Cn1cnc(S(=O)(=O)Nc2ccc(F)c(C(N)=O)c2)c1Cl. The molecule has 1 heterocycles. The van der Waals surface area contributed by atoms with Gasteiger partial charge in [0.25, 0.3) is 15.9 Å². The maximum Gasteiger partial charge on any atom is 0.282 e. The average molecular weight is 333 g/mol. The number of benzene rings is 1. The normalized spacial score (nSPS) is 11.4. The van der Waals surface area contributed by atoms with E-state index >= 15 is 0 Å². The minimum atomic E-state index is -4.07. The lowest BCUT2D eigenvalue weighted by atomic mass is 10.2. The van der Waals surface area contributed by atoms with Crippen LogP contribution in [0.3, 0.4) is 0 Å². The molecular weight excluding hydrogens is 323 g/mol. The molecule has 0 fully saturated rings. The second kappa shape index (κ2) is 5.34. The third-order valence-electron chi connectivity index (χ3n) is 2.57. The van der Waals surface area contributed by atoms with E-state index in [0.29, 0.717) is 0 Å². The van der Waals surface area contributed by atoms with Gasteiger partial charge in [0, 0.05) is 12.7 Å². The molecule has 2 aromatic rings. The maximum absolute atomic E-state index is 13.3. The molecule has 0 radical (unpaired) electrons. The smallest absolute Gasteiger partial charge is 0.282 e. The average Bonchev–Trinajstić information content (AvgIpc) is 2.72. The predicted molar refractivity (Wildman–Crippen MR) is 73.9 cm³/mol. The van der Waals surface area contributed by atoms with E-state index in [2.05, 4.69) is 9.71 Å². The molecule has 0 aliphatic rings. The molecule has 0 saturated heterocycles. The topological polar surface area (TPSA) is 107 Å². The van der Waals surface area contributed by atoms with Gasteiger partial charge in [-0.25, -0.2) is 9.37 Å². The van der Waals surface area contributed by atoms with Crippen LogP contribution in [0.2, 0.25) is 5.15 Å². The van der Waals surface area contributed by atoms with E-state index in [-0.39, 0.29) is 15.9 Å². The molecule has 1 amide bonds. The highest BCUT2D eigenvalue weighted by Gasteiger charge is 2.23. The number of hydrogen-bond donors (Lipinski definition) is 2. The molecule has 1 aromatic carbocycles. The lowest BCUT2D eigenvalue weighted by molar-refractivity contribution is 0.0996. The van der Waals surface area contributed by atoms with Gasteiger partial charge in [0.05, 0.1) is 11.9 Å². The Hall–Kier alpha value is -2.13. The zero-order valence-corrected chi connectivity index (χ0v) is 12.2. The van der Waals surface area contributed by atoms with E-state index in [4.69, 9.17) is 17.3 Å². The van der Waals surface area contributed by atoms with Gasteiger partial charge >= 0.3 is 0 Å². The number of nitrogens with zero attached hydrogens (tertiary/aromatic N) is 2. The number of primary amides is 1. The molecule has 0 saturated carbocycles. The van der Waals surface area contributed by atoms with Gasteiger partial charge in [0.1, 0.15) is 11.0 Å². The van der Waals surface area contributed by atoms with Crippen molar-refractivity contribution in [2.24, 2.45) is 12.8 Å². The zero-order valence-electron chi connectivity index (χ0n) is 10.7. The lowest BCUT2D eigenvalue weighted by Gasteiger charge is -2.08. The maximum atomic E-state index is 13.3. The Bertz CT molecular complexity index is 819. The number of carbonyl (C=O) groups excluding carboxylic acids is 1. The van der Waals surface area contributed by atoms with E-state index in [1.54, 1.807) is 0 Å². The molecule has 1 aromatic heterocycles. The monoisotopic (exact) mass is 332 g/mol. The van der Waals surface area contributed by atoms with Crippen molar-refractivity contribution in [3.63, 3.8) is 0 Å². The van der Waals surface area contributed by atoms with Crippen LogP contribution >= 0.6 is 11.6 Å². The summed E-state index contributed by atoms with van der Waals surface area (Å²) in [4.78, 5) is 14.7. The molecule has 21 heavy (non-hydrogen) atoms. The molecule has 0 aliphatic carbocycles. The first-order chi connectivity index (χ1) is 9.72. The first-order valence-corrected chi connectivity index (χ1v) is 7.37. The first kappa shape index (κ1) is 15.3. The number of nitrogens with one attached hydrogen (secondary N) is 1. The summed E-state index contributed by atoms with van der Waals surface area (Å²) < 4.78 is 41.0. The Morgan fingerprint density at radius 1 is 1.48 bits per heavy atom. The molecule has 7 nitrogen and oxygen atoms in total. The van der Waals surface area contributed by atoms with Crippen molar-refractivity contribution in [3.05, 3.63) is 41.1 Å². The number of aromatic nitrogens is 2. The van der Waals surface area contributed by atoms with Crippen LogP contribution in [0, 0.1) is 5.82 Å². The highest BCUT2D eigenvalue weighted by molar-refractivity contribution is 7.92. The Labute approximate surface area is 124 Å². The fourth-order valence-corrected chi connectivity index (χ4v) is 3.04. The number of aryl methyl sites for hydroxylation is 1. The molecule has 0 aliphatic heterocycles. The highest BCUT2D eigenvalue weighted by Crippen LogP contribution is 2.22. The number of nitrogens with two attached hydrogens (primary N) is 1. The fourth-order valence-electron chi connectivity index (χ4n) is 1.56. The number of carbonyl (C=O) groups is 1. The zero-order chi connectivity index (χ0) is 15.8. The predicted octanol–water partition coefficient (Wildman–Crippen LogP) is 1.11. The van der Waals surface area contributed by atoms with E-state index < -0.39 is 27.3 Å².